The zero-order valence-corrected chi connectivity index (χ0v) is 9.08. The highest BCUT2D eigenvalue weighted by Gasteiger charge is 2.13. The molecule has 0 radical (unpaired) electrons. The fourth-order valence-electron chi connectivity index (χ4n) is 2.04. The Morgan fingerprint density at radius 3 is 2.50 bits per heavy atom. The first kappa shape index (κ1) is 9.39. The molecular weight excluding hydrogens is 200 g/mol. The molecule has 4 nitrogen and oxygen atoms in total. The van der Waals surface area contributed by atoms with E-state index in [1.54, 1.807) is 0 Å². The summed E-state index contributed by atoms with van der Waals surface area (Å²) >= 11 is 0. The summed E-state index contributed by atoms with van der Waals surface area (Å²) in [6, 6.07) is 10.2. The van der Waals surface area contributed by atoms with Gasteiger partial charge >= 0.3 is 0 Å². The zero-order valence-electron chi connectivity index (χ0n) is 9.08. The number of aromatic nitrogens is 3. The van der Waals surface area contributed by atoms with Gasteiger partial charge in [0.15, 0.2) is 0 Å². The fraction of sp³-hybridized carbons (Fsp3) is 0.333. The third kappa shape index (κ3) is 1.66. The van der Waals surface area contributed by atoms with Crippen molar-refractivity contribution in [1.29, 1.82) is 0 Å². The molecule has 0 saturated carbocycles. The van der Waals surface area contributed by atoms with Gasteiger partial charge in [-0.05, 0) is 18.1 Å². The van der Waals surface area contributed by atoms with Crippen molar-refractivity contribution in [3.8, 4) is 11.3 Å². The van der Waals surface area contributed by atoms with E-state index in [0.29, 0.717) is 0 Å². The second-order valence-electron chi connectivity index (χ2n) is 4.05. The van der Waals surface area contributed by atoms with E-state index in [1.165, 1.54) is 12.8 Å². The Hall–Kier alpha value is -1.84. The summed E-state index contributed by atoms with van der Waals surface area (Å²) in [6.07, 6.45) is 4.50. The predicted octanol–water partition coefficient (Wildman–Crippen LogP) is 1.68. The van der Waals surface area contributed by atoms with Gasteiger partial charge in [-0.2, -0.15) is 4.79 Å². The quantitative estimate of drug-likeness (QED) is 0.762. The normalized spacial score (nSPS) is 15.6. The van der Waals surface area contributed by atoms with Crippen molar-refractivity contribution in [2.24, 2.45) is 0 Å². The van der Waals surface area contributed by atoms with Gasteiger partial charge in [0.1, 0.15) is 5.69 Å². The highest BCUT2D eigenvalue weighted by Crippen LogP contribution is 2.15. The standard InChI is InChI=1S/C12H14N4/c1-2-6-11(7-3-1)12-10-16(14-13-12)15-8-4-5-9-15/h1-3,6-7,10H,4-5,8-9H2. The van der Waals surface area contributed by atoms with Crippen LogP contribution in [0.15, 0.2) is 36.5 Å². The maximum atomic E-state index is 4.20. The van der Waals surface area contributed by atoms with E-state index in [1.807, 2.05) is 29.2 Å². The Labute approximate surface area is 94.5 Å². The van der Waals surface area contributed by atoms with Crippen LogP contribution in [0.1, 0.15) is 12.8 Å². The molecule has 0 amide bonds. The summed E-state index contributed by atoms with van der Waals surface area (Å²) in [4.78, 5) is 1.87. The Morgan fingerprint density at radius 2 is 1.75 bits per heavy atom. The lowest BCUT2D eigenvalue weighted by Gasteiger charge is -2.15. The molecule has 1 fully saturated rings. The average molecular weight is 214 g/mol. The Balaban J connectivity index is 1.87. The van der Waals surface area contributed by atoms with Crippen LogP contribution in [0.3, 0.4) is 0 Å². The molecule has 2 aromatic rings. The summed E-state index contributed by atoms with van der Waals surface area (Å²) < 4.78 is 0. The van der Waals surface area contributed by atoms with Crippen molar-refractivity contribution in [3.05, 3.63) is 36.5 Å². The van der Waals surface area contributed by atoms with Crippen LogP contribution in [-0.2, 0) is 0 Å². The molecule has 82 valence electrons. The van der Waals surface area contributed by atoms with Crippen molar-refractivity contribution in [2.45, 2.75) is 12.8 Å². The van der Waals surface area contributed by atoms with E-state index in [-0.39, 0.29) is 0 Å². The molecule has 0 aliphatic carbocycles. The maximum absolute atomic E-state index is 4.20. The number of hydrogen-bond acceptors (Lipinski definition) is 3. The molecule has 1 aliphatic heterocycles. The highest BCUT2D eigenvalue weighted by atomic mass is 15.7. The van der Waals surface area contributed by atoms with Crippen molar-refractivity contribution in [1.82, 2.24) is 15.1 Å². The Bertz CT molecular complexity index is 457. The molecule has 1 aliphatic rings. The minimum Gasteiger partial charge on any atom is -0.296 e. The predicted molar refractivity (Wildman–Crippen MR) is 62.6 cm³/mol. The first-order valence-corrected chi connectivity index (χ1v) is 5.66. The van der Waals surface area contributed by atoms with Crippen LogP contribution in [-0.4, -0.2) is 28.2 Å². The van der Waals surface area contributed by atoms with Crippen LogP contribution in [0, 0.1) is 0 Å². The summed E-state index contributed by atoms with van der Waals surface area (Å²) in [5.74, 6) is 0. The second kappa shape index (κ2) is 3.96. The molecule has 0 spiro atoms. The molecule has 3 rings (SSSR count). The Kier molecular flexibility index (Phi) is 2.33. The smallest absolute Gasteiger partial charge is 0.115 e. The SMILES string of the molecule is c1ccc(-c2cn(N3CCCC3)nn2)cc1. The van der Waals surface area contributed by atoms with Crippen molar-refractivity contribution in [2.75, 3.05) is 18.1 Å². The van der Waals surface area contributed by atoms with Gasteiger partial charge in [0.05, 0.1) is 6.20 Å². The molecular formula is C12H14N4. The van der Waals surface area contributed by atoms with Crippen LogP contribution >= 0.6 is 0 Å². The third-order valence-corrected chi connectivity index (χ3v) is 2.92. The van der Waals surface area contributed by atoms with Crippen LogP contribution < -0.4 is 5.01 Å². The number of nitrogens with zero attached hydrogens (tertiary/aromatic N) is 4. The lowest BCUT2D eigenvalue weighted by Crippen LogP contribution is -2.31. The lowest BCUT2D eigenvalue weighted by molar-refractivity contribution is 0.567. The van der Waals surface area contributed by atoms with E-state index in [9.17, 15) is 0 Å². The van der Waals surface area contributed by atoms with E-state index < -0.39 is 0 Å². The largest absolute Gasteiger partial charge is 0.296 e. The van der Waals surface area contributed by atoms with E-state index >= 15 is 0 Å². The first-order valence-electron chi connectivity index (χ1n) is 5.66. The first-order chi connectivity index (χ1) is 7.93. The fourth-order valence-corrected chi connectivity index (χ4v) is 2.04. The van der Waals surface area contributed by atoms with Gasteiger partial charge in [-0.25, -0.2) is 0 Å². The third-order valence-electron chi connectivity index (χ3n) is 2.92. The van der Waals surface area contributed by atoms with Gasteiger partial charge in [-0.15, -0.1) is 5.10 Å². The molecule has 16 heavy (non-hydrogen) atoms. The minimum atomic E-state index is 0.938. The molecule has 0 atom stereocenters. The van der Waals surface area contributed by atoms with E-state index in [4.69, 9.17) is 0 Å². The summed E-state index contributed by atoms with van der Waals surface area (Å²) in [5, 5.41) is 10.6. The van der Waals surface area contributed by atoms with Crippen molar-refractivity contribution < 1.29 is 0 Å². The lowest BCUT2D eigenvalue weighted by atomic mass is 10.2. The van der Waals surface area contributed by atoms with Crippen LogP contribution in [0.25, 0.3) is 11.3 Å². The van der Waals surface area contributed by atoms with Crippen LogP contribution in [0.2, 0.25) is 0 Å². The molecule has 4 heteroatoms. The summed E-state index contributed by atoms with van der Waals surface area (Å²) in [7, 11) is 0. The summed E-state index contributed by atoms with van der Waals surface area (Å²) in [6.45, 7) is 2.16. The Morgan fingerprint density at radius 1 is 1.00 bits per heavy atom. The second-order valence-corrected chi connectivity index (χ2v) is 4.05. The molecule has 2 heterocycles. The summed E-state index contributed by atoms with van der Waals surface area (Å²) in [5.41, 5.74) is 2.06. The minimum absolute atomic E-state index is 0.938. The van der Waals surface area contributed by atoms with E-state index in [2.05, 4.69) is 27.5 Å². The van der Waals surface area contributed by atoms with Gasteiger partial charge in [0.2, 0.25) is 0 Å². The van der Waals surface area contributed by atoms with Crippen molar-refractivity contribution in [3.63, 3.8) is 0 Å². The van der Waals surface area contributed by atoms with Crippen LogP contribution in [0.4, 0.5) is 0 Å². The number of rotatable bonds is 2. The topological polar surface area (TPSA) is 34.0 Å². The zero-order chi connectivity index (χ0) is 10.8. The number of hydrogen-bond donors (Lipinski definition) is 0. The molecule has 1 aromatic heterocycles. The molecule has 0 bridgehead atoms. The van der Waals surface area contributed by atoms with Gasteiger partial charge in [0.25, 0.3) is 0 Å². The van der Waals surface area contributed by atoms with E-state index in [0.717, 1.165) is 24.3 Å². The van der Waals surface area contributed by atoms with Gasteiger partial charge in [0, 0.05) is 18.7 Å². The van der Waals surface area contributed by atoms with Gasteiger partial charge in [-0.3, -0.25) is 5.01 Å². The molecule has 0 N–H and O–H groups in total. The van der Waals surface area contributed by atoms with Gasteiger partial charge in [-0.1, -0.05) is 30.3 Å². The van der Waals surface area contributed by atoms with Crippen LogP contribution in [0.5, 0.6) is 0 Å². The molecule has 0 unspecified atom stereocenters. The molecule has 1 saturated heterocycles. The molecule has 1 aromatic carbocycles. The monoisotopic (exact) mass is 214 g/mol. The van der Waals surface area contributed by atoms with Gasteiger partial charge < -0.3 is 0 Å². The average Bonchev–Trinajstić information content (AvgIpc) is 3.01. The highest BCUT2D eigenvalue weighted by molar-refractivity contribution is 5.57. The maximum Gasteiger partial charge on any atom is 0.115 e. The number of benzene rings is 1. The van der Waals surface area contributed by atoms with Crippen molar-refractivity contribution >= 4 is 0 Å².